The highest BCUT2D eigenvalue weighted by Crippen LogP contribution is 2.44. The van der Waals surface area contributed by atoms with Gasteiger partial charge in [0.25, 0.3) is 0 Å². The number of hydrogen-bond acceptors (Lipinski definition) is 11. The Morgan fingerprint density at radius 1 is 0.644 bits per heavy atom. The first-order valence-electron chi connectivity index (χ1n) is 22.2. The lowest BCUT2D eigenvalue weighted by Gasteiger charge is -2.20. The zero-order valence-electron chi connectivity index (χ0n) is 36.2. The molecule has 1 saturated heterocycles. The van der Waals surface area contributed by atoms with Crippen molar-refractivity contribution in [2.24, 2.45) is 5.92 Å². The Balaban J connectivity index is 2.39. The van der Waals surface area contributed by atoms with E-state index >= 15 is 0 Å². The third-order valence-corrected chi connectivity index (χ3v) is 11.1. The van der Waals surface area contributed by atoms with Gasteiger partial charge in [0, 0.05) is 12.8 Å². The van der Waals surface area contributed by atoms with E-state index in [0.29, 0.717) is 31.5 Å². The molecule has 1 aliphatic heterocycles. The molecule has 344 valence electrons. The smallest absolute Gasteiger partial charge is 0.462 e. The van der Waals surface area contributed by atoms with E-state index in [9.17, 15) is 28.7 Å². The predicted molar refractivity (Wildman–Crippen MR) is 229 cm³/mol. The van der Waals surface area contributed by atoms with Gasteiger partial charge >= 0.3 is 27.6 Å². The SMILES string of the molecule is CCCCCC1OC1C/C=C\C/C=C\C/C=C\CCCC(=O)O[C@H](COC(=O)CCCCCCCCCCCCCC(C)C)COP(=O)(O)OC[C@@H](O)COP(=O)(O)O. The van der Waals surface area contributed by atoms with Crippen LogP contribution in [-0.4, -0.2) is 82.6 Å². The minimum absolute atomic E-state index is 0.0525. The van der Waals surface area contributed by atoms with Gasteiger partial charge in [-0.25, -0.2) is 9.13 Å². The van der Waals surface area contributed by atoms with Crippen LogP contribution in [0.15, 0.2) is 36.5 Å². The maximum Gasteiger partial charge on any atom is 0.472 e. The topological polar surface area (TPSA) is 208 Å². The van der Waals surface area contributed by atoms with E-state index < -0.39 is 66.2 Å². The van der Waals surface area contributed by atoms with Crippen molar-refractivity contribution in [3.8, 4) is 0 Å². The molecule has 5 atom stereocenters. The Morgan fingerprint density at radius 2 is 1.20 bits per heavy atom. The maximum absolute atomic E-state index is 12.7. The van der Waals surface area contributed by atoms with Crippen LogP contribution >= 0.6 is 15.6 Å². The van der Waals surface area contributed by atoms with Crippen molar-refractivity contribution in [1.29, 1.82) is 0 Å². The Kier molecular flexibility index (Phi) is 32.7. The van der Waals surface area contributed by atoms with E-state index in [1.807, 2.05) is 12.2 Å². The molecule has 0 aliphatic carbocycles. The first-order valence-corrected chi connectivity index (χ1v) is 25.2. The molecular formula is C43H78O14P2. The Bertz CT molecular complexity index is 1270. The van der Waals surface area contributed by atoms with Crippen LogP contribution in [0.2, 0.25) is 0 Å². The highest BCUT2D eigenvalue weighted by molar-refractivity contribution is 7.47. The van der Waals surface area contributed by atoms with Gasteiger partial charge in [-0.3, -0.25) is 23.2 Å². The predicted octanol–water partition coefficient (Wildman–Crippen LogP) is 10.1. The van der Waals surface area contributed by atoms with Crippen LogP contribution in [0.4, 0.5) is 0 Å². The van der Waals surface area contributed by atoms with E-state index in [1.54, 1.807) is 0 Å². The number of carbonyl (C=O) groups is 2. The molecule has 0 amide bonds. The van der Waals surface area contributed by atoms with E-state index in [0.717, 1.165) is 50.9 Å². The highest BCUT2D eigenvalue weighted by Gasteiger charge is 2.36. The molecule has 0 bridgehead atoms. The van der Waals surface area contributed by atoms with Gasteiger partial charge in [-0.2, -0.15) is 0 Å². The molecule has 3 unspecified atom stereocenters. The average Bonchev–Trinajstić information content (AvgIpc) is 3.93. The molecule has 4 N–H and O–H groups in total. The second-order valence-electron chi connectivity index (χ2n) is 15.8. The molecule has 0 spiro atoms. The van der Waals surface area contributed by atoms with Gasteiger partial charge in [0.15, 0.2) is 6.10 Å². The van der Waals surface area contributed by atoms with E-state index in [-0.39, 0.29) is 12.8 Å². The van der Waals surface area contributed by atoms with Crippen LogP contribution in [-0.2, 0) is 46.5 Å². The zero-order chi connectivity index (χ0) is 43.6. The van der Waals surface area contributed by atoms with E-state index in [1.165, 1.54) is 70.6 Å². The fourth-order valence-corrected chi connectivity index (χ4v) is 7.30. The van der Waals surface area contributed by atoms with Gasteiger partial charge in [-0.15, -0.1) is 0 Å². The van der Waals surface area contributed by atoms with Crippen LogP contribution in [0.1, 0.15) is 168 Å². The number of allylic oxidation sites excluding steroid dienone is 5. The normalized spacial score (nSPS) is 17.9. The van der Waals surface area contributed by atoms with Crippen LogP contribution < -0.4 is 0 Å². The largest absolute Gasteiger partial charge is 0.472 e. The molecular weight excluding hydrogens is 802 g/mol. The van der Waals surface area contributed by atoms with Crippen molar-refractivity contribution in [2.75, 3.05) is 26.4 Å². The molecule has 1 aliphatic rings. The number of rotatable bonds is 40. The monoisotopic (exact) mass is 880 g/mol. The quantitative estimate of drug-likeness (QED) is 0.0149. The van der Waals surface area contributed by atoms with Gasteiger partial charge in [-0.1, -0.05) is 147 Å². The number of epoxide rings is 1. The van der Waals surface area contributed by atoms with E-state index in [2.05, 4.69) is 54.1 Å². The fourth-order valence-electron chi connectivity index (χ4n) is 6.15. The standard InChI is InChI=1S/C43H78O14P2/c1-4-5-23-29-40-41(57-40)30-25-20-16-12-9-10-14-18-22-27-32-43(46)56-39(36-55-59(50,51)54-34-38(44)33-53-58(47,48)49)35-52-42(45)31-26-21-17-13-8-6-7-11-15-19-24-28-37(2)3/h9,12,14,18,20,25,37-41,44H,4-8,10-11,13,15-17,19,21-24,26-36H2,1-3H3,(H,50,51)(H2,47,48,49)/b12-9-,18-14-,25-20-/t38-,39+,40?,41?/m0/s1. The maximum atomic E-state index is 12.7. The van der Waals surface area contributed by atoms with Crippen LogP contribution in [0.3, 0.4) is 0 Å². The summed E-state index contributed by atoms with van der Waals surface area (Å²) >= 11 is 0. The van der Waals surface area contributed by atoms with Gasteiger partial charge in [0.05, 0.1) is 32.0 Å². The molecule has 0 aromatic heterocycles. The third-order valence-electron chi connectivity index (χ3n) is 9.62. The van der Waals surface area contributed by atoms with Crippen molar-refractivity contribution < 1.29 is 66.3 Å². The number of phosphoric ester groups is 2. The fraction of sp³-hybridized carbons (Fsp3) is 0.814. The Labute approximate surface area is 354 Å². The van der Waals surface area contributed by atoms with Crippen molar-refractivity contribution in [2.45, 2.75) is 193 Å². The van der Waals surface area contributed by atoms with Gasteiger partial charge in [0.1, 0.15) is 12.7 Å². The third kappa shape index (κ3) is 36.7. The number of hydrogen-bond donors (Lipinski definition) is 4. The summed E-state index contributed by atoms with van der Waals surface area (Å²) < 4.78 is 53.4. The van der Waals surface area contributed by atoms with Crippen molar-refractivity contribution >= 4 is 27.6 Å². The molecule has 16 heteroatoms. The number of aliphatic hydroxyl groups is 1. The minimum atomic E-state index is -4.87. The van der Waals surface area contributed by atoms with Crippen molar-refractivity contribution in [3.63, 3.8) is 0 Å². The molecule has 0 radical (unpaired) electrons. The lowest BCUT2D eigenvalue weighted by molar-refractivity contribution is -0.161. The minimum Gasteiger partial charge on any atom is -0.462 e. The zero-order valence-corrected chi connectivity index (χ0v) is 38.0. The first-order chi connectivity index (χ1) is 28.2. The molecule has 0 saturated carbocycles. The van der Waals surface area contributed by atoms with E-state index in [4.69, 9.17) is 28.5 Å². The molecule has 0 aromatic carbocycles. The van der Waals surface area contributed by atoms with Gasteiger partial charge < -0.3 is 34.0 Å². The molecule has 1 rings (SSSR count). The molecule has 14 nitrogen and oxygen atoms in total. The number of phosphoric acid groups is 2. The van der Waals surface area contributed by atoms with Gasteiger partial charge in [-0.05, 0) is 50.9 Å². The lowest BCUT2D eigenvalue weighted by Crippen LogP contribution is -2.29. The summed E-state index contributed by atoms with van der Waals surface area (Å²) in [6.45, 7) is 3.97. The van der Waals surface area contributed by atoms with Crippen LogP contribution in [0.25, 0.3) is 0 Å². The molecule has 1 heterocycles. The summed E-state index contributed by atoms with van der Waals surface area (Å²) in [5.41, 5.74) is 0. The van der Waals surface area contributed by atoms with Crippen LogP contribution in [0, 0.1) is 5.92 Å². The second kappa shape index (κ2) is 34.8. The number of unbranched alkanes of at least 4 members (excludes halogenated alkanes) is 13. The second-order valence-corrected chi connectivity index (χ2v) is 18.5. The average molecular weight is 881 g/mol. The van der Waals surface area contributed by atoms with Crippen molar-refractivity contribution in [1.82, 2.24) is 0 Å². The summed E-state index contributed by atoms with van der Waals surface area (Å²) in [4.78, 5) is 52.7. The summed E-state index contributed by atoms with van der Waals surface area (Å²) in [5.74, 6) is -0.318. The first kappa shape index (κ1) is 55.3. The lowest BCUT2D eigenvalue weighted by atomic mass is 10.0. The van der Waals surface area contributed by atoms with Crippen molar-refractivity contribution in [3.05, 3.63) is 36.5 Å². The number of carbonyl (C=O) groups excluding carboxylic acids is 2. The molecule has 0 aromatic rings. The summed E-state index contributed by atoms with van der Waals surface area (Å²) in [6, 6.07) is 0. The summed E-state index contributed by atoms with van der Waals surface area (Å²) in [6.07, 6.45) is 33.3. The summed E-state index contributed by atoms with van der Waals surface area (Å²) in [7, 11) is -9.69. The molecule has 59 heavy (non-hydrogen) atoms. The number of ether oxygens (including phenoxy) is 3. The number of esters is 2. The Morgan fingerprint density at radius 3 is 1.83 bits per heavy atom. The Hall–Kier alpha value is -1.70. The highest BCUT2D eigenvalue weighted by atomic mass is 31.2. The number of aliphatic hydroxyl groups excluding tert-OH is 1. The van der Waals surface area contributed by atoms with Crippen LogP contribution in [0.5, 0.6) is 0 Å². The van der Waals surface area contributed by atoms with Gasteiger partial charge in [0.2, 0.25) is 0 Å². The molecule has 1 fully saturated rings. The summed E-state index contributed by atoms with van der Waals surface area (Å²) in [5, 5.41) is 9.75.